The van der Waals surface area contributed by atoms with E-state index in [0.29, 0.717) is 23.5 Å². The highest BCUT2D eigenvalue weighted by Gasteiger charge is 2.32. The fourth-order valence-corrected chi connectivity index (χ4v) is 8.32. The van der Waals surface area contributed by atoms with Gasteiger partial charge in [-0.15, -0.1) is 5.10 Å². The number of amides is 3. The summed E-state index contributed by atoms with van der Waals surface area (Å²) in [6, 6.07) is 16.8. The highest BCUT2D eigenvalue weighted by atomic mass is 32.2. The summed E-state index contributed by atoms with van der Waals surface area (Å²) in [4.78, 5) is 44.7. The molecule has 0 bridgehead atoms. The van der Waals surface area contributed by atoms with Gasteiger partial charge in [0.2, 0.25) is 33.2 Å². The van der Waals surface area contributed by atoms with E-state index in [1.807, 2.05) is 32.0 Å². The predicted molar refractivity (Wildman–Crippen MR) is 208 cm³/mol. The highest BCUT2D eigenvalue weighted by molar-refractivity contribution is 7.91. The molecule has 3 aromatic carbocycles. The van der Waals surface area contributed by atoms with E-state index in [-0.39, 0.29) is 75.2 Å². The summed E-state index contributed by atoms with van der Waals surface area (Å²) in [6.45, 7) is 3.63. The summed E-state index contributed by atoms with van der Waals surface area (Å²) in [5.74, 6) is -1.21. The number of rotatable bonds is 13. The number of piperidine rings is 1. The second-order valence-corrected chi connectivity index (χ2v) is 16.3. The molecule has 1 aliphatic carbocycles. The van der Waals surface area contributed by atoms with Crippen LogP contribution in [0.4, 0.5) is 16.0 Å². The third-order valence-corrected chi connectivity index (χ3v) is 11.7. The fourth-order valence-electron chi connectivity index (χ4n) is 6.98. The van der Waals surface area contributed by atoms with Crippen LogP contribution in [0.3, 0.4) is 0 Å². The van der Waals surface area contributed by atoms with Crippen LogP contribution in [0, 0.1) is 17.1 Å². The van der Waals surface area contributed by atoms with Gasteiger partial charge in [-0.05, 0) is 105 Å². The standard InChI is InChI=1S/C40H40FN9O6S/c1-22(2)56-36-35(28(19-42)20-43)44-21-50-37(36)48-40(49-50)46-32-11-10-30(18-31(32)41)57(54,55)29-5-3-4-23(17-29)14-24-15-27(16-24)25-6-8-26(9-7-25)38(52)45-33-12-13-34(51)47-39(33)53/h3-11,17-22,24,27,33,42H,12-16,43H2,1-2H3,(H,45,52)(H,46,49)(H,47,51,53)/b28-20+,42-19?. The molecule has 3 heterocycles. The Hall–Kier alpha value is -6.49. The molecule has 2 fully saturated rings. The second kappa shape index (κ2) is 15.9. The zero-order chi connectivity index (χ0) is 40.4. The van der Waals surface area contributed by atoms with Crippen LogP contribution >= 0.6 is 0 Å². The summed E-state index contributed by atoms with van der Waals surface area (Å²) in [6.07, 6.45) is 6.24. The largest absolute Gasteiger partial charge is 0.485 e. The van der Waals surface area contributed by atoms with E-state index >= 15 is 4.39 Å². The van der Waals surface area contributed by atoms with Crippen LogP contribution < -0.4 is 26.4 Å². The van der Waals surface area contributed by atoms with Crippen molar-refractivity contribution >= 4 is 56.6 Å². The molecule has 17 heteroatoms. The Morgan fingerprint density at radius 1 is 1.11 bits per heavy atom. The van der Waals surface area contributed by atoms with Gasteiger partial charge in [-0.3, -0.25) is 19.7 Å². The monoisotopic (exact) mass is 793 g/mol. The van der Waals surface area contributed by atoms with E-state index in [0.717, 1.165) is 36.2 Å². The molecule has 2 aromatic heterocycles. The summed E-state index contributed by atoms with van der Waals surface area (Å²) in [5, 5.41) is 19.7. The number of fused-ring (bicyclic) bond motifs is 1. The van der Waals surface area contributed by atoms with E-state index < -0.39 is 27.6 Å². The van der Waals surface area contributed by atoms with Gasteiger partial charge < -0.3 is 26.5 Å². The number of halogens is 1. The summed E-state index contributed by atoms with van der Waals surface area (Å²) in [7, 11) is -4.07. The molecule has 5 aromatic rings. The minimum atomic E-state index is -4.07. The average molecular weight is 794 g/mol. The Balaban J connectivity index is 0.980. The molecule has 0 radical (unpaired) electrons. The van der Waals surface area contributed by atoms with Crippen LogP contribution in [0.2, 0.25) is 0 Å². The number of hydrogen-bond acceptors (Lipinski definition) is 12. The predicted octanol–water partition coefficient (Wildman–Crippen LogP) is 4.85. The Bertz CT molecular complexity index is 2530. The molecule has 7 rings (SSSR count). The number of ether oxygens (including phenoxy) is 1. The van der Waals surface area contributed by atoms with E-state index in [1.165, 1.54) is 35.2 Å². The molecule has 1 aliphatic heterocycles. The van der Waals surface area contributed by atoms with Gasteiger partial charge in [0.15, 0.2) is 5.75 Å². The van der Waals surface area contributed by atoms with Crippen LogP contribution in [0.15, 0.2) is 89.0 Å². The number of imide groups is 1. The van der Waals surface area contributed by atoms with Crippen LogP contribution in [0.1, 0.15) is 72.6 Å². The number of nitrogens with one attached hydrogen (secondary N) is 4. The van der Waals surface area contributed by atoms with E-state index in [9.17, 15) is 22.8 Å². The topological polar surface area (TPSA) is 224 Å². The number of sulfone groups is 1. The molecule has 6 N–H and O–H groups in total. The molecule has 1 unspecified atom stereocenters. The van der Waals surface area contributed by atoms with Crippen molar-refractivity contribution in [2.75, 3.05) is 5.32 Å². The maximum Gasteiger partial charge on any atom is 0.251 e. The minimum absolute atomic E-state index is 0.00239. The van der Waals surface area contributed by atoms with Crippen molar-refractivity contribution in [3.05, 3.63) is 107 Å². The number of nitrogens with zero attached hydrogens (tertiary/aromatic N) is 4. The number of anilines is 2. The maximum absolute atomic E-state index is 15.5. The van der Waals surface area contributed by atoms with Crippen LogP contribution in [0.5, 0.6) is 5.75 Å². The van der Waals surface area contributed by atoms with Crippen LogP contribution in [-0.2, 0) is 25.8 Å². The summed E-state index contributed by atoms with van der Waals surface area (Å²) < 4.78 is 50.1. The normalized spacial score (nSPS) is 18.5. The summed E-state index contributed by atoms with van der Waals surface area (Å²) in [5.41, 5.74) is 8.83. The second-order valence-electron chi connectivity index (χ2n) is 14.3. The van der Waals surface area contributed by atoms with Crippen LogP contribution in [0.25, 0.3) is 11.2 Å². The molecule has 2 aliphatic rings. The lowest BCUT2D eigenvalue weighted by Crippen LogP contribution is -2.52. The van der Waals surface area contributed by atoms with E-state index in [2.05, 4.69) is 31.0 Å². The molecule has 15 nitrogen and oxygen atoms in total. The van der Waals surface area contributed by atoms with Gasteiger partial charge in [0.1, 0.15) is 23.9 Å². The molecule has 294 valence electrons. The third-order valence-electron chi connectivity index (χ3n) is 9.96. The number of aromatic nitrogens is 4. The molecule has 1 atom stereocenters. The average Bonchev–Trinajstić information content (AvgIpc) is 3.59. The van der Waals surface area contributed by atoms with Gasteiger partial charge in [0.25, 0.3) is 5.91 Å². The third kappa shape index (κ3) is 8.23. The van der Waals surface area contributed by atoms with Crippen molar-refractivity contribution in [2.45, 2.75) is 73.8 Å². The first-order valence-electron chi connectivity index (χ1n) is 18.3. The summed E-state index contributed by atoms with van der Waals surface area (Å²) >= 11 is 0. The van der Waals surface area contributed by atoms with Gasteiger partial charge in [-0.2, -0.15) is 9.50 Å². The number of hydrogen-bond donors (Lipinski definition) is 5. The first-order valence-corrected chi connectivity index (χ1v) is 19.8. The van der Waals surface area contributed by atoms with Gasteiger partial charge in [-0.1, -0.05) is 24.3 Å². The molecule has 1 saturated heterocycles. The number of carbonyl (C=O) groups is 3. The molecule has 3 amide bonds. The van der Waals surface area contributed by atoms with E-state index in [1.54, 1.807) is 24.3 Å². The van der Waals surface area contributed by atoms with Crippen LogP contribution in [-0.4, -0.2) is 64.1 Å². The molecular formula is C40H40FN9O6S. The van der Waals surface area contributed by atoms with Gasteiger partial charge >= 0.3 is 0 Å². The van der Waals surface area contributed by atoms with Gasteiger partial charge in [0, 0.05) is 30.0 Å². The fraction of sp³-hybridized carbons (Fsp3) is 0.275. The molecular weight excluding hydrogens is 754 g/mol. The van der Waals surface area contributed by atoms with E-state index in [4.69, 9.17) is 15.9 Å². The quantitative estimate of drug-likeness (QED) is 0.0801. The highest BCUT2D eigenvalue weighted by Crippen LogP contribution is 2.43. The Labute approximate surface area is 327 Å². The lowest BCUT2D eigenvalue weighted by atomic mass is 9.69. The zero-order valence-corrected chi connectivity index (χ0v) is 31.8. The lowest BCUT2D eigenvalue weighted by molar-refractivity contribution is -0.134. The van der Waals surface area contributed by atoms with Crippen molar-refractivity contribution in [3.63, 3.8) is 0 Å². The SMILES string of the molecule is CC(C)Oc1c(/C(C=N)=C/N)ncn2nc(Nc3ccc(S(=O)(=O)c4cccc(CC5CC(c6ccc(C(=O)NC7CCC(=O)NC7=O)cc6)C5)c4)cc3F)nc12. The number of carbonyl (C=O) groups excluding carboxylic acids is 3. The lowest BCUT2D eigenvalue weighted by Gasteiger charge is -2.36. The Morgan fingerprint density at radius 3 is 2.54 bits per heavy atom. The Morgan fingerprint density at radius 2 is 1.86 bits per heavy atom. The van der Waals surface area contributed by atoms with Gasteiger partial charge in [0.05, 0.1) is 21.6 Å². The maximum atomic E-state index is 15.5. The number of benzene rings is 3. The van der Waals surface area contributed by atoms with Gasteiger partial charge in [-0.25, -0.2) is 17.8 Å². The Kier molecular flexibility index (Phi) is 10.8. The minimum Gasteiger partial charge on any atom is -0.485 e. The molecule has 0 spiro atoms. The number of allylic oxidation sites excluding steroid dienone is 1. The zero-order valence-electron chi connectivity index (χ0n) is 31.0. The van der Waals surface area contributed by atoms with Crippen molar-refractivity contribution in [1.82, 2.24) is 30.2 Å². The van der Waals surface area contributed by atoms with Crippen molar-refractivity contribution in [2.24, 2.45) is 11.7 Å². The number of nitrogens with two attached hydrogens (primary N) is 1. The first-order chi connectivity index (χ1) is 27.3. The van der Waals surface area contributed by atoms with Crippen molar-refractivity contribution in [3.8, 4) is 5.75 Å². The molecule has 1 saturated carbocycles. The first kappa shape index (κ1) is 38.8. The van der Waals surface area contributed by atoms with Crippen molar-refractivity contribution < 1.29 is 31.9 Å². The smallest absolute Gasteiger partial charge is 0.251 e. The van der Waals surface area contributed by atoms with Crippen molar-refractivity contribution in [1.29, 1.82) is 5.41 Å². The molecule has 57 heavy (non-hydrogen) atoms.